The molecule has 1 saturated carbocycles. The Morgan fingerprint density at radius 1 is 1.20 bits per heavy atom. The molecule has 15 nitrogen and oxygen atoms in total. The number of methoxy groups -OCH3 is 1. The number of ether oxygens (including phenoxy) is 1. The van der Waals surface area contributed by atoms with Gasteiger partial charge in [-0.25, -0.2) is 28.7 Å². The van der Waals surface area contributed by atoms with Crippen LogP contribution in [0, 0.1) is 12.7 Å². The molecule has 1 fully saturated rings. The summed E-state index contributed by atoms with van der Waals surface area (Å²) in [5, 5.41) is 33.1. The highest BCUT2D eigenvalue weighted by Gasteiger charge is 2.43. The maximum Gasteiger partial charge on any atom is 0.252 e. The molecule has 0 aromatic carbocycles. The van der Waals surface area contributed by atoms with Crippen LogP contribution >= 0.6 is 0 Å². The van der Waals surface area contributed by atoms with Crippen molar-refractivity contribution < 1.29 is 19.0 Å². The van der Waals surface area contributed by atoms with E-state index in [9.17, 15) is 14.3 Å². The molecule has 6 rings (SSSR count). The molecule has 4 N–H and O–H groups in total. The van der Waals surface area contributed by atoms with E-state index in [1.165, 1.54) is 23.3 Å². The Kier molecular flexibility index (Phi) is 8.24. The largest absolute Gasteiger partial charge is 0.389 e. The average molecular weight is 633 g/mol. The number of hydrogen-bond acceptors (Lipinski definition) is 11. The summed E-state index contributed by atoms with van der Waals surface area (Å²) in [6, 6.07) is 1.43. The maximum absolute atomic E-state index is 13.6. The quantitative estimate of drug-likeness (QED) is 0.177. The zero-order valence-corrected chi connectivity index (χ0v) is 26.3. The lowest BCUT2D eigenvalue weighted by Crippen LogP contribution is -2.51. The number of hydrogen-bond donors (Lipinski definition) is 4. The van der Waals surface area contributed by atoms with Gasteiger partial charge in [0.15, 0.2) is 23.1 Å². The molecule has 1 amide bonds. The minimum Gasteiger partial charge on any atom is -0.389 e. The third-order valence-electron chi connectivity index (χ3n) is 8.20. The fraction of sp³-hybridized carbons (Fsp3) is 0.467. The molecule has 0 radical (unpaired) electrons. The number of fused-ring (bicyclic) bond motifs is 1. The molecular weight excluding hydrogens is 595 g/mol. The van der Waals surface area contributed by atoms with Crippen LogP contribution in [0.25, 0.3) is 16.9 Å². The summed E-state index contributed by atoms with van der Waals surface area (Å²) in [7, 11) is 1.55. The first kappa shape index (κ1) is 31.2. The highest BCUT2D eigenvalue weighted by Crippen LogP contribution is 2.40. The number of carbonyl (C=O) groups excluding carboxylic acids is 1. The topological polar surface area (TPSA) is 186 Å². The van der Waals surface area contributed by atoms with Crippen LogP contribution < -0.4 is 10.6 Å². The van der Waals surface area contributed by atoms with E-state index >= 15 is 0 Å². The summed E-state index contributed by atoms with van der Waals surface area (Å²) in [4.78, 5) is 32.1. The highest BCUT2D eigenvalue weighted by atomic mass is 19.1. The van der Waals surface area contributed by atoms with Gasteiger partial charge in [0.2, 0.25) is 0 Å². The van der Waals surface area contributed by atoms with Gasteiger partial charge in [-0.3, -0.25) is 14.9 Å². The molecular formula is C30H37FN12O3. The van der Waals surface area contributed by atoms with E-state index in [1.54, 1.807) is 31.8 Å². The van der Waals surface area contributed by atoms with Crippen molar-refractivity contribution in [2.45, 2.75) is 83.1 Å². The number of anilines is 2. The molecule has 242 valence electrons. The lowest BCUT2D eigenvalue weighted by molar-refractivity contribution is -0.148. The zero-order chi connectivity index (χ0) is 32.6. The number of aliphatic hydroxyl groups is 1. The van der Waals surface area contributed by atoms with Gasteiger partial charge in [-0.05, 0) is 53.4 Å². The van der Waals surface area contributed by atoms with Gasteiger partial charge in [-0.1, -0.05) is 0 Å². The third kappa shape index (κ3) is 6.44. The number of amides is 1. The van der Waals surface area contributed by atoms with Crippen molar-refractivity contribution in [1.29, 1.82) is 0 Å². The first-order chi connectivity index (χ1) is 21.9. The first-order valence-electron chi connectivity index (χ1n) is 15.1. The molecule has 0 unspecified atom stereocenters. The molecule has 1 atom stereocenters. The number of aromatic amines is 1. The predicted molar refractivity (Wildman–Crippen MR) is 165 cm³/mol. The Morgan fingerprint density at radius 2 is 1.98 bits per heavy atom. The van der Waals surface area contributed by atoms with Gasteiger partial charge in [0.05, 0.1) is 60.3 Å². The number of nitrogens with zero attached hydrogens (tertiary/aromatic N) is 9. The molecule has 0 aliphatic heterocycles. The second-order valence-corrected chi connectivity index (χ2v) is 12.4. The molecule has 46 heavy (non-hydrogen) atoms. The monoisotopic (exact) mass is 632 g/mol. The Balaban J connectivity index is 1.18. The van der Waals surface area contributed by atoms with Gasteiger partial charge >= 0.3 is 0 Å². The van der Waals surface area contributed by atoms with E-state index < -0.39 is 23.1 Å². The maximum atomic E-state index is 13.6. The predicted octanol–water partition coefficient (Wildman–Crippen LogP) is 3.41. The van der Waals surface area contributed by atoms with Crippen LogP contribution in [0.4, 0.5) is 16.0 Å². The van der Waals surface area contributed by atoms with Gasteiger partial charge in [0, 0.05) is 24.8 Å². The van der Waals surface area contributed by atoms with Crippen molar-refractivity contribution in [3.63, 3.8) is 0 Å². The fourth-order valence-electron chi connectivity index (χ4n) is 5.70. The summed E-state index contributed by atoms with van der Waals surface area (Å²) >= 11 is 0. The van der Waals surface area contributed by atoms with E-state index in [4.69, 9.17) is 14.7 Å². The van der Waals surface area contributed by atoms with E-state index in [-0.39, 0.29) is 18.4 Å². The van der Waals surface area contributed by atoms with Crippen molar-refractivity contribution in [1.82, 2.24) is 55.0 Å². The zero-order valence-electron chi connectivity index (χ0n) is 26.3. The lowest BCUT2D eigenvalue weighted by atomic mass is 9.77. The minimum absolute atomic E-state index is 0.0459. The van der Waals surface area contributed by atoms with Crippen LogP contribution in [-0.2, 0) is 16.1 Å². The van der Waals surface area contributed by atoms with Crippen molar-refractivity contribution in [2.75, 3.05) is 12.4 Å². The molecule has 5 heterocycles. The van der Waals surface area contributed by atoms with Crippen LogP contribution in [0.5, 0.6) is 0 Å². The smallest absolute Gasteiger partial charge is 0.252 e. The second-order valence-electron chi connectivity index (χ2n) is 12.4. The van der Waals surface area contributed by atoms with Gasteiger partial charge in [0.1, 0.15) is 17.2 Å². The van der Waals surface area contributed by atoms with Crippen LogP contribution in [0.15, 0.2) is 37.1 Å². The van der Waals surface area contributed by atoms with Crippen molar-refractivity contribution in [3.05, 3.63) is 60.1 Å². The summed E-state index contributed by atoms with van der Waals surface area (Å²) < 4.78 is 22.2. The average Bonchev–Trinajstić information content (AvgIpc) is 3.76. The molecule has 16 heteroatoms. The van der Waals surface area contributed by atoms with E-state index in [1.807, 2.05) is 19.9 Å². The minimum atomic E-state index is -1.04. The van der Waals surface area contributed by atoms with E-state index in [0.717, 1.165) is 11.9 Å². The molecule has 1 aliphatic carbocycles. The SMILES string of the molecule is COC1(C(=O)N[C@@H](C)c2cnc(-n3cc(F)cn3)cn2)CCC(c2nc(Nc3cc(C)[nH]n3)c3cnn(CC(C)(C)O)c3n2)CC1. The molecule has 5 aromatic rings. The number of rotatable bonds is 10. The lowest BCUT2D eigenvalue weighted by Gasteiger charge is -2.38. The van der Waals surface area contributed by atoms with Crippen LogP contribution in [-0.4, -0.2) is 79.0 Å². The van der Waals surface area contributed by atoms with Crippen molar-refractivity contribution in [3.8, 4) is 5.82 Å². The number of H-pyrrole nitrogens is 1. The number of halogens is 1. The summed E-state index contributed by atoms with van der Waals surface area (Å²) in [5.41, 5.74) is 0.00187. The van der Waals surface area contributed by atoms with Gasteiger partial charge in [0.25, 0.3) is 5.91 Å². The Hall–Kier alpha value is -4.83. The Bertz CT molecular complexity index is 1830. The molecule has 1 aliphatic rings. The normalized spacial score (nSPS) is 19.3. The summed E-state index contributed by atoms with van der Waals surface area (Å²) in [5.74, 6) is 1.39. The highest BCUT2D eigenvalue weighted by molar-refractivity contribution is 5.88. The third-order valence-corrected chi connectivity index (χ3v) is 8.20. The number of aromatic nitrogens is 10. The number of aryl methyl sites for hydroxylation is 1. The van der Waals surface area contributed by atoms with Gasteiger partial charge in [-0.15, -0.1) is 0 Å². The standard InChI is InChI=1S/C30H37FN12O3/c1-17-10-23(41-40-17)37-26-21-12-35-43(16-29(3,4)45)27(21)39-25(38-26)19-6-8-30(46-5,9-7-19)28(44)36-18(2)22-13-33-24(14-32-22)42-15-20(31)11-34-42/h10-15,18-19,45H,6-9,16H2,1-5H3,(H,36,44)(H2,37,38,39,40,41)/t18-,19?,30?/m0/s1. The second kappa shape index (κ2) is 12.2. The molecule has 0 saturated heterocycles. The van der Waals surface area contributed by atoms with Crippen molar-refractivity contribution >= 4 is 28.6 Å². The Labute approximate surface area is 264 Å². The summed E-state index contributed by atoms with van der Waals surface area (Å²) in [6.45, 7) is 7.42. The molecule has 5 aromatic heterocycles. The Morgan fingerprint density at radius 3 is 2.59 bits per heavy atom. The van der Waals surface area contributed by atoms with Gasteiger partial charge < -0.3 is 20.5 Å². The first-order valence-corrected chi connectivity index (χ1v) is 15.1. The van der Waals surface area contributed by atoms with Crippen LogP contribution in [0.1, 0.15) is 75.6 Å². The van der Waals surface area contributed by atoms with E-state index in [2.05, 4.69) is 41.0 Å². The fourth-order valence-corrected chi connectivity index (χ4v) is 5.70. The van der Waals surface area contributed by atoms with Crippen LogP contribution in [0.2, 0.25) is 0 Å². The van der Waals surface area contributed by atoms with Gasteiger partial charge in [-0.2, -0.15) is 15.3 Å². The summed E-state index contributed by atoms with van der Waals surface area (Å²) in [6.07, 6.45) is 9.11. The van der Waals surface area contributed by atoms with Crippen LogP contribution in [0.3, 0.4) is 0 Å². The number of carbonyl (C=O) groups is 1. The van der Waals surface area contributed by atoms with Crippen molar-refractivity contribution in [2.24, 2.45) is 0 Å². The van der Waals surface area contributed by atoms with E-state index in [0.29, 0.717) is 65.7 Å². The molecule has 0 spiro atoms. The molecule has 0 bridgehead atoms. The number of nitrogens with one attached hydrogen (secondary N) is 3.